The van der Waals surface area contributed by atoms with E-state index >= 15 is 0 Å². The Balaban J connectivity index is 1.80. The molecule has 0 fully saturated rings. The van der Waals surface area contributed by atoms with Gasteiger partial charge in [0, 0.05) is 36.0 Å². The molecule has 2 N–H and O–H groups in total. The lowest BCUT2D eigenvalue weighted by Gasteiger charge is -2.28. The molecule has 7 heteroatoms. The molecule has 0 aliphatic carbocycles. The molecule has 5 rings (SSSR count). The van der Waals surface area contributed by atoms with Crippen LogP contribution in [0.3, 0.4) is 0 Å². The Morgan fingerprint density at radius 2 is 1.76 bits per heavy atom. The summed E-state index contributed by atoms with van der Waals surface area (Å²) in [6, 6.07) is 20.6. The second kappa shape index (κ2) is 7.76. The van der Waals surface area contributed by atoms with Crippen molar-refractivity contribution in [3.8, 4) is 23.3 Å². The number of nitrogens with two attached hydrogens (primary N) is 1. The van der Waals surface area contributed by atoms with Gasteiger partial charge in [-0.3, -0.25) is 4.98 Å². The Bertz CT molecular complexity index is 1550. The van der Waals surface area contributed by atoms with Crippen LogP contribution in [0.2, 0.25) is 0 Å². The van der Waals surface area contributed by atoms with Gasteiger partial charge >= 0.3 is 0 Å². The number of nitrogens with zero attached hydrogens (tertiary/aromatic N) is 5. The molecule has 0 radical (unpaired) electrons. The fourth-order valence-corrected chi connectivity index (χ4v) is 4.11. The maximum atomic E-state index is 9.59. The van der Waals surface area contributed by atoms with Crippen LogP contribution in [0, 0.1) is 22.7 Å². The number of hydrogen-bond donors (Lipinski definition) is 1. The van der Waals surface area contributed by atoms with E-state index in [1.54, 1.807) is 49.2 Å². The largest absolute Gasteiger partial charge is 0.458 e. The molecular formula is C26H18N6O. The van der Waals surface area contributed by atoms with Crippen LogP contribution in [0.1, 0.15) is 28.1 Å². The Morgan fingerprint density at radius 1 is 0.970 bits per heavy atom. The van der Waals surface area contributed by atoms with Crippen LogP contribution in [-0.2, 0) is 12.6 Å². The Labute approximate surface area is 190 Å². The van der Waals surface area contributed by atoms with E-state index in [0.717, 1.165) is 27.8 Å². The number of aromatic nitrogens is 3. The first-order valence-electron chi connectivity index (χ1n) is 10.2. The number of aryl methyl sites for hydroxylation is 1. The molecule has 0 saturated heterocycles. The predicted molar refractivity (Wildman–Crippen MR) is 123 cm³/mol. The summed E-state index contributed by atoms with van der Waals surface area (Å²) in [5.41, 5.74) is 10.6. The molecule has 5 aromatic rings. The van der Waals surface area contributed by atoms with Crippen molar-refractivity contribution in [2.45, 2.75) is 5.54 Å². The van der Waals surface area contributed by atoms with Crippen LogP contribution in [0.5, 0.6) is 0 Å². The number of nitriles is 2. The molecular weight excluding hydrogens is 412 g/mol. The summed E-state index contributed by atoms with van der Waals surface area (Å²) in [6.07, 6.45) is 6.81. The number of pyridine rings is 1. The number of fused-ring (bicyclic) bond motifs is 1. The monoisotopic (exact) mass is 430 g/mol. The first kappa shape index (κ1) is 20.2. The van der Waals surface area contributed by atoms with Gasteiger partial charge < -0.3 is 14.7 Å². The highest BCUT2D eigenvalue weighted by Crippen LogP contribution is 2.40. The Kier molecular flexibility index (Phi) is 4.75. The van der Waals surface area contributed by atoms with Crippen molar-refractivity contribution in [1.29, 1.82) is 10.5 Å². The molecule has 0 aliphatic rings. The zero-order valence-corrected chi connectivity index (χ0v) is 17.7. The lowest BCUT2D eigenvalue weighted by atomic mass is 9.84. The van der Waals surface area contributed by atoms with E-state index in [-0.39, 0.29) is 0 Å². The van der Waals surface area contributed by atoms with Gasteiger partial charge in [0.15, 0.2) is 0 Å². The molecule has 0 aliphatic heterocycles. The summed E-state index contributed by atoms with van der Waals surface area (Å²) in [4.78, 5) is 8.46. The minimum atomic E-state index is -1.18. The van der Waals surface area contributed by atoms with E-state index in [2.05, 4.69) is 22.1 Å². The van der Waals surface area contributed by atoms with Crippen LogP contribution in [0.15, 0.2) is 83.9 Å². The fourth-order valence-electron chi connectivity index (χ4n) is 4.11. The van der Waals surface area contributed by atoms with Crippen LogP contribution < -0.4 is 5.73 Å². The van der Waals surface area contributed by atoms with E-state index in [9.17, 15) is 10.5 Å². The van der Waals surface area contributed by atoms with Crippen molar-refractivity contribution < 1.29 is 4.42 Å². The predicted octanol–water partition coefficient (Wildman–Crippen LogP) is 4.22. The standard InChI is InChI=1S/C26H18N6O/c1-32-16-31-15-23(32)26(29,21-6-4-17(12-27)5-7-21)24-11-20-9-18(13-28)10-22(25(20)33-24)19-3-2-8-30-14-19/h2-11,14-16H,29H2,1H3. The normalized spacial score (nSPS) is 12.7. The van der Waals surface area contributed by atoms with Gasteiger partial charge in [-0.05, 0) is 42.0 Å². The van der Waals surface area contributed by atoms with Crippen LogP contribution in [0.4, 0.5) is 0 Å². The fraction of sp³-hybridized carbons (Fsp3) is 0.0769. The Hall–Kier alpha value is -4.72. The third-order valence-corrected chi connectivity index (χ3v) is 5.80. The summed E-state index contributed by atoms with van der Waals surface area (Å²) in [6.45, 7) is 0. The summed E-state index contributed by atoms with van der Waals surface area (Å²) >= 11 is 0. The van der Waals surface area contributed by atoms with Crippen molar-refractivity contribution in [1.82, 2.24) is 14.5 Å². The van der Waals surface area contributed by atoms with E-state index in [1.165, 1.54) is 0 Å². The van der Waals surface area contributed by atoms with Gasteiger partial charge in [0.1, 0.15) is 16.9 Å². The number of imidazole rings is 1. The second-order valence-corrected chi connectivity index (χ2v) is 7.79. The summed E-state index contributed by atoms with van der Waals surface area (Å²) in [7, 11) is 1.87. The summed E-state index contributed by atoms with van der Waals surface area (Å²) < 4.78 is 8.28. The minimum Gasteiger partial charge on any atom is -0.458 e. The maximum absolute atomic E-state index is 9.59. The van der Waals surface area contributed by atoms with Crippen molar-refractivity contribution in [3.05, 3.63) is 108 Å². The molecule has 0 spiro atoms. The van der Waals surface area contributed by atoms with Gasteiger partial charge in [-0.25, -0.2) is 4.98 Å². The molecule has 158 valence electrons. The van der Waals surface area contributed by atoms with E-state index < -0.39 is 5.54 Å². The van der Waals surface area contributed by atoms with Crippen LogP contribution >= 0.6 is 0 Å². The van der Waals surface area contributed by atoms with E-state index in [4.69, 9.17) is 10.2 Å². The first-order chi connectivity index (χ1) is 16.0. The zero-order valence-electron chi connectivity index (χ0n) is 17.7. The highest BCUT2D eigenvalue weighted by Gasteiger charge is 2.38. The summed E-state index contributed by atoms with van der Waals surface area (Å²) in [5, 5.41) is 19.6. The third kappa shape index (κ3) is 3.25. The molecule has 7 nitrogen and oxygen atoms in total. The van der Waals surface area contributed by atoms with Crippen LogP contribution in [0.25, 0.3) is 22.1 Å². The number of rotatable bonds is 4. The van der Waals surface area contributed by atoms with E-state index in [0.29, 0.717) is 22.5 Å². The average molecular weight is 430 g/mol. The highest BCUT2D eigenvalue weighted by molar-refractivity contribution is 5.94. The van der Waals surface area contributed by atoms with Gasteiger partial charge in [0.25, 0.3) is 0 Å². The molecule has 1 atom stereocenters. The van der Waals surface area contributed by atoms with Crippen molar-refractivity contribution in [3.63, 3.8) is 0 Å². The second-order valence-electron chi connectivity index (χ2n) is 7.79. The average Bonchev–Trinajstić information content (AvgIpc) is 3.50. The molecule has 0 amide bonds. The molecule has 33 heavy (non-hydrogen) atoms. The maximum Gasteiger partial charge on any atom is 0.142 e. The molecule has 3 heterocycles. The van der Waals surface area contributed by atoms with Gasteiger partial charge in [-0.15, -0.1) is 0 Å². The SMILES string of the molecule is Cn1cncc1C(N)(c1ccc(C#N)cc1)c1cc2cc(C#N)cc(-c3cccnc3)c2o1. The number of furan rings is 1. The molecule has 1 unspecified atom stereocenters. The third-order valence-electron chi connectivity index (χ3n) is 5.80. The number of benzene rings is 2. The lowest BCUT2D eigenvalue weighted by Crippen LogP contribution is -2.40. The summed E-state index contributed by atoms with van der Waals surface area (Å²) in [5.74, 6) is 0.492. The quantitative estimate of drug-likeness (QED) is 0.456. The van der Waals surface area contributed by atoms with Crippen molar-refractivity contribution >= 4 is 11.0 Å². The van der Waals surface area contributed by atoms with Crippen molar-refractivity contribution in [2.75, 3.05) is 0 Å². The lowest BCUT2D eigenvalue weighted by molar-refractivity contribution is 0.445. The van der Waals surface area contributed by atoms with E-state index in [1.807, 2.05) is 41.9 Å². The topological polar surface area (TPSA) is 117 Å². The number of hydrogen-bond acceptors (Lipinski definition) is 6. The first-order valence-corrected chi connectivity index (χ1v) is 10.2. The van der Waals surface area contributed by atoms with Gasteiger partial charge in [-0.2, -0.15) is 10.5 Å². The molecule has 0 bridgehead atoms. The van der Waals surface area contributed by atoms with Gasteiger partial charge in [0.05, 0.1) is 41.5 Å². The molecule has 3 aromatic heterocycles. The van der Waals surface area contributed by atoms with Gasteiger partial charge in [-0.1, -0.05) is 18.2 Å². The van der Waals surface area contributed by atoms with Crippen LogP contribution in [-0.4, -0.2) is 14.5 Å². The smallest absolute Gasteiger partial charge is 0.142 e. The highest BCUT2D eigenvalue weighted by atomic mass is 16.3. The van der Waals surface area contributed by atoms with Crippen molar-refractivity contribution in [2.24, 2.45) is 12.8 Å². The minimum absolute atomic E-state index is 0.492. The molecule has 2 aromatic carbocycles. The molecule has 0 saturated carbocycles. The Morgan fingerprint density at radius 3 is 2.39 bits per heavy atom. The zero-order chi connectivity index (χ0) is 23.0. The van der Waals surface area contributed by atoms with Gasteiger partial charge in [0.2, 0.25) is 0 Å².